The first-order valence-electron chi connectivity index (χ1n) is 18.6. The number of aliphatic carboxylic acids is 1. The highest BCUT2D eigenvalue weighted by Gasteiger charge is 2.59. The molecule has 284 valence electrons. The highest BCUT2D eigenvalue weighted by atomic mass is 16.6. The molecule has 1 aliphatic heterocycles. The second kappa shape index (κ2) is 17.5. The molecule has 1 saturated carbocycles. The van der Waals surface area contributed by atoms with Crippen molar-refractivity contribution in [1.82, 2.24) is 16.0 Å². The average Bonchev–Trinajstić information content (AvgIpc) is 4.05. The number of carbonyl (C=O) groups excluding carboxylic acids is 3. The zero-order valence-electron chi connectivity index (χ0n) is 31.8. The SMILES string of the molecule is CCc1cc(C[C@@H](NC(=O)/C=C/CC[C@H](C)C2OC2c2ccc(CN)cc2)C(=O)NC2(C(C)(C)C(=O)N[C@@H](CC(C)C)C(=O)O)CC2)ccc1OC. The molecule has 1 heterocycles. The van der Waals surface area contributed by atoms with Crippen molar-refractivity contribution in [2.75, 3.05) is 7.11 Å². The van der Waals surface area contributed by atoms with Gasteiger partial charge in [-0.25, -0.2) is 4.79 Å². The van der Waals surface area contributed by atoms with Gasteiger partial charge in [0.2, 0.25) is 17.7 Å². The third-order valence-electron chi connectivity index (χ3n) is 10.7. The van der Waals surface area contributed by atoms with Crippen LogP contribution in [0.3, 0.4) is 0 Å². The molecule has 6 N–H and O–H groups in total. The standard InChI is InChI=1S/C41H58N4O7/c1-8-29-22-28(15-18-33(29)51-7)23-31(37(47)45-41(19-20-41)40(5,6)39(50)44-32(38(48)49)21-25(2)3)43-34(46)12-10-9-11-26(4)35-36(52-35)30-16-13-27(24-42)14-17-30/h10,12-18,22,25-26,31-32,35-36H,8-9,11,19-21,23-24,42H2,1-7H3,(H,43,46)(H,44,50)(H,45,47)(H,48,49)/b12-10+/t26-,31+,32-,35?,36?/m0/s1. The number of hydrogen-bond donors (Lipinski definition) is 5. The quantitative estimate of drug-likeness (QED) is 0.0925. The van der Waals surface area contributed by atoms with Crippen molar-refractivity contribution < 1.29 is 33.8 Å². The highest BCUT2D eigenvalue weighted by molar-refractivity contribution is 5.94. The van der Waals surface area contributed by atoms with Gasteiger partial charge in [-0.1, -0.05) is 70.2 Å². The fraction of sp³-hybridized carbons (Fsp3) is 0.561. The zero-order chi connectivity index (χ0) is 38.2. The van der Waals surface area contributed by atoms with Gasteiger partial charge < -0.3 is 36.3 Å². The Hall–Kier alpha value is -4.22. The number of allylic oxidation sites excluding steroid dienone is 1. The van der Waals surface area contributed by atoms with Crippen LogP contribution >= 0.6 is 0 Å². The number of hydrogen-bond acceptors (Lipinski definition) is 7. The Morgan fingerprint density at radius 2 is 1.71 bits per heavy atom. The lowest BCUT2D eigenvalue weighted by Crippen LogP contribution is -2.60. The van der Waals surface area contributed by atoms with Gasteiger partial charge in [0.25, 0.3) is 0 Å². The summed E-state index contributed by atoms with van der Waals surface area (Å²) < 4.78 is 11.5. The normalized spacial score (nSPS) is 19.4. The van der Waals surface area contributed by atoms with Gasteiger partial charge in [-0.05, 0) is 98.6 Å². The smallest absolute Gasteiger partial charge is 0.326 e. The summed E-state index contributed by atoms with van der Waals surface area (Å²) in [6, 6.07) is 11.9. The number of aryl methyl sites for hydroxylation is 1. The molecule has 2 aromatic carbocycles. The lowest BCUT2D eigenvalue weighted by atomic mass is 9.80. The van der Waals surface area contributed by atoms with E-state index in [2.05, 4.69) is 35.0 Å². The number of rotatable bonds is 20. The summed E-state index contributed by atoms with van der Waals surface area (Å²) in [6.45, 7) is 11.9. The summed E-state index contributed by atoms with van der Waals surface area (Å²) >= 11 is 0. The van der Waals surface area contributed by atoms with E-state index in [1.165, 1.54) is 6.08 Å². The van der Waals surface area contributed by atoms with Crippen molar-refractivity contribution in [3.05, 3.63) is 76.9 Å². The van der Waals surface area contributed by atoms with Gasteiger partial charge in [0.1, 0.15) is 23.9 Å². The number of epoxide rings is 1. The first-order chi connectivity index (χ1) is 24.6. The van der Waals surface area contributed by atoms with Crippen molar-refractivity contribution in [3.63, 3.8) is 0 Å². The van der Waals surface area contributed by atoms with E-state index in [0.717, 1.165) is 40.8 Å². The van der Waals surface area contributed by atoms with Crippen molar-refractivity contribution in [2.45, 2.75) is 123 Å². The third kappa shape index (κ3) is 10.2. The van der Waals surface area contributed by atoms with E-state index >= 15 is 0 Å². The van der Waals surface area contributed by atoms with Gasteiger partial charge in [0.05, 0.1) is 24.2 Å². The van der Waals surface area contributed by atoms with Crippen LogP contribution < -0.4 is 26.4 Å². The fourth-order valence-corrected chi connectivity index (χ4v) is 6.88. The van der Waals surface area contributed by atoms with Crippen LogP contribution in [0.15, 0.2) is 54.6 Å². The average molecular weight is 719 g/mol. The van der Waals surface area contributed by atoms with Crippen LogP contribution in [-0.4, -0.2) is 59.6 Å². The number of benzene rings is 2. The lowest BCUT2D eigenvalue weighted by molar-refractivity contribution is -0.145. The van der Waals surface area contributed by atoms with Crippen LogP contribution in [-0.2, 0) is 43.3 Å². The van der Waals surface area contributed by atoms with Gasteiger partial charge in [0, 0.05) is 13.0 Å². The molecular formula is C41H58N4O7. The summed E-state index contributed by atoms with van der Waals surface area (Å²) in [5.74, 6) is -1.22. The van der Waals surface area contributed by atoms with E-state index in [1.54, 1.807) is 21.0 Å². The van der Waals surface area contributed by atoms with E-state index in [0.29, 0.717) is 31.7 Å². The molecule has 11 nitrogen and oxygen atoms in total. The van der Waals surface area contributed by atoms with Crippen LogP contribution in [0, 0.1) is 17.3 Å². The number of nitrogens with one attached hydrogen (secondary N) is 3. The molecule has 3 amide bonds. The molecule has 0 radical (unpaired) electrons. The number of nitrogens with two attached hydrogens (primary N) is 1. The van der Waals surface area contributed by atoms with Crippen molar-refractivity contribution in [1.29, 1.82) is 0 Å². The molecular weight excluding hydrogens is 660 g/mol. The summed E-state index contributed by atoms with van der Waals surface area (Å²) in [5.41, 5.74) is 7.80. The van der Waals surface area contributed by atoms with E-state index in [9.17, 15) is 24.3 Å². The number of carboxylic acid groups (broad SMARTS) is 1. The van der Waals surface area contributed by atoms with Crippen LogP contribution in [0.2, 0.25) is 0 Å². The molecule has 2 aliphatic rings. The minimum atomic E-state index is -1.10. The topological polar surface area (TPSA) is 172 Å². The van der Waals surface area contributed by atoms with Gasteiger partial charge in [-0.3, -0.25) is 14.4 Å². The summed E-state index contributed by atoms with van der Waals surface area (Å²) in [7, 11) is 1.61. The van der Waals surface area contributed by atoms with Crippen molar-refractivity contribution in [3.8, 4) is 5.75 Å². The van der Waals surface area contributed by atoms with Crippen LogP contribution in [0.1, 0.15) is 102 Å². The predicted octanol–water partition coefficient (Wildman–Crippen LogP) is 5.15. The van der Waals surface area contributed by atoms with Crippen molar-refractivity contribution in [2.24, 2.45) is 23.0 Å². The van der Waals surface area contributed by atoms with Gasteiger partial charge in [-0.15, -0.1) is 0 Å². The lowest BCUT2D eigenvalue weighted by Gasteiger charge is -2.36. The number of ether oxygens (including phenoxy) is 2. The molecule has 1 aliphatic carbocycles. The molecule has 4 rings (SSSR count). The van der Waals surface area contributed by atoms with E-state index in [4.69, 9.17) is 15.2 Å². The molecule has 2 aromatic rings. The van der Waals surface area contributed by atoms with Crippen LogP contribution in [0.25, 0.3) is 0 Å². The molecule has 2 fully saturated rings. The van der Waals surface area contributed by atoms with Gasteiger partial charge >= 0.3 is 5.97 Å². The van der Waals surface area contributed by atoms with E-state index in [-0.39, 0.29) is 31.0 Å². The van der Waals surface area contributed by atoms with Gasteiger partial charge in [0.15, 0.2) is 0 Å². The Kier molecular flexibility index (Phi) is 13.7. The number of carbonyl (C=O) groups is 4. The Bertz CT molecular complexity index is 1600. The minimum Gasteiger partial charge on any atom is -0.496 e. The fourth-order valence-electron chi connectivity index (χ4n) is 6.88. The molecule has 5 atom stereocenters. The predicted molar refractivity (Wildman–Crippen MR) is 200 cm³/mol. The Balaban J connectivity index is 1.41. The van der Waals surface area contributed by atoms with Crippen molar-refractivity contribution >= 4 is 23.7 Å². The largest absolute Gasteiger partial charge is 0.496 e. The van der Waals surface area contributed by atoms with Crippen LogP contribution in [0.4, 0.5) is 0 Å². The molecule has 0 aromatic heterocycles. The Labute approximate surface area is 308 Å². The summed E-state index contributed by atoms with van der Waals surface area (Å²) in [4.78, 5) is 52.7. The number of carboxylic acids is 1. The van der Waals surface area contributed by atoms with E-state index in [1.807, 2.05) is 57.2 Å². The minimum absolute atomic E-state index is 0.0667. The molecule has 0 spiro atoms. The summed E-state index contributed by atoms with van der Waals surface area (Å²) in [5, 5.41) is 18.4. The van der Waals surface area contributed by atoms with Crippen LogP contribution in [0.5, 0.6) is 5.75 Å². The second-order valence-corrected chi connectivity index (χ2v) is 15.4. The molecule has 52 heavy (non-hydrogen) atoms. The first kappa shape index (κ1) is 40.5. The Morgan fingerprint density at radius 3 is 2.29 bits per heavy atom. The number of amides is 3. The maximum atomic E-state index is 14.0. The maximum Gasteiger partial charge on any atom is 0.326 e. The first-order valence-corrected chi connectivity index (χ1v) is 18.6. The van der Waals surface area contributed by atoms with E-state index < -0.39 is 46.7 Å². The highest BCUT2D eigenvalue weighted by Crippen LogP contribution is 2.50. The monoisotopic (exact) mass is 718 g/mol. The number of methoxy groups -OCH3 is 1. The molecule has 1 saturated heterocycles. The molecule has 2 unspecified atom stereocenters. The maximum absolute atomic E-state index is 14.0. The van der Waals surface area contributed by atoms with Gasteiger partial charge in [-0.2, -0.15) is 0 Å². The third-order valence-corrected chi connectivity index (χ3v) is 10.7. The molecule has 0 bridgehead atoms. The molecule has 11 heteroatoms. The second-order valence-electron chi connectivity index (χ2n) is 15.4. The zero-order valence-corrected chi connectivity index (χ0v) is 31.8. The Morgan fingerprint density at radius 1 is 1.04 bits per heavy atom. The summed E-state index contributed by atoms with van der Waals surface area (Å²) in [6.07, 6.45) is 7.34.